The van der Waals surface area contributed by atoms with Gasteiger partial charge in [-0.3, -0.25) is 9.80 Å². The van der Waals surface area contributed by atoms with E-state index in [0.717, 1.165) is 12.0 Å². The van der Waals surface area contributed by atoms with Gasteiger partial charge in [-0.25, -0.2) is 0 Å². The number of thioether (sulfide) groups is 1. The zero-order valence-electron chi connectivity index (χ0n) is 14.0. The molecule has 4 heterocycles. The van der Waals surface area contributed by atoms with Gasteiger partial charge in [0, 0.05) is 24.5 Å². The van der Waals surface area contributed by atoms with E-state index in [-0.39, 0.29) is 0 Å². The number of aromatic hydroxyl groups is 1. The molecule has 4 aliphatic rings. The Balaban J connectivity index is 1.60. The molecule has 0 aliphatic carbocycles. The van der Waals surface area contributed by atoms with Gasteiger partial charge in [0.15, 0.2) is 0 Å². The molecule has 0 amide bonds. The van der Waals surface area contributed by atoms with Crippen LogP contribution in [0.15, 0.2) is 24.3 Å². The second-order valence-electron chi connectivity index (χ2n) is 7.40. The van der Waals surface area contributed by atoms with E-state index in [9.17, 15) is 5.11 Å². The highest BCUT2D eigenvalue weighted by Gasteiger charge is 2.52. The first-order chi connectivity index (χ1) is 11.3. The van der Waals surface area contributed by atoms with Crippen LogP contribution in [0, 0.1) is 5.92 Å². The van der Waals surface area contributed by atoms with E-state index in [4.69, 9.17) is 0 Å². The summed E-state index contributed by atoms with van der Waals surface area (Å²) in [7, 11) is 0. The minimum Gasteiger partial charge on any atom is -0.508 e. The van der Waals surface area contributed by atoms with Crippen LogP contribution in [0.1, 0.15) is 30.7 Å². The average Bonchev–Trinajstić information content (AvgIpc) is 2.98. The highest BCUT2D eigenvalue weighted by atomic mass is 32.2. The zero-order valence-corrected chi connectivity index (χ0v) is 14.8. The summed E-state index contributed by atoms with van der Waals surface area (Å²) in [5.41, 5.74) is 1.33. The lowest BCUT2D eigenvalue weighted by Gasteiger charge is -2.51. The van der Waals surface area contributed by atoms with Gasteiger partial charge in [0.25, 0.3) is 0 Å². The summed E-state index contributed by atoms with van der Waals surface area (Å²) in [5.74, 6) is 3.13. The second kappa shape index (κ2) is 6.66. The van der Waals surface area contributed by atoms with E-state index in [1.54, 1.807) is 6.07 Å². The van der Waals surface area contributed by atoms with Crippen molar-refractivity contribution in [3.05, 3.63) is 29.8 Å². The molecular formula is C19H28N2OS. The van der Waals surface area contributed by atoms with Gasteiger partial charge in [-0.05, 0) is 74.5 Å². The number of benzene rings is 1. The monoisotopic (exact) mass is 332 g/mol. The Morgan fingerprint density at radius 1 is 1.22 bits per heavy atom. The van der Waals surface area contributed by atoms with E-state index < -0.39 is 0 Å². The number of hydrogen-bond acceptors (Lipinski definition) is 4. The molecule has 1 N–H and O–H groups in total. The molecule has 4 fully saturated rings. The van der Waals surface area contributed by atoms with Crippen molar-refractivity contribution in [1.29, 1.82) is 0 Å². The van der Waals surface area contributed by atoms with Crippen molar-refractivity contribution in [2.45, 2.75) is 37.3 Å². The van der Waals surface area contributed by atoms with E-state index in [2.05, 4.69) is 22.1 Å². The molecule has 126 valence electrons. The third-order valence-electron chi connectivity index (χ3n) is 6.19. The van der Waals surface area contributed by atoms with E-state index in [0.29, 0.717) is 17.7 Å². The van der Waals surface area contributed by atoms with Crippen LogP contribution in [0.2, 0.25) is 0 Å². The molecule has 0 radical (unpaired) electrons. The smallest absolute Gasteiger partial charge is 0.115 e. The first-order valence-electron chi connectivity index (χ1n) is 9.04. The predicted octanol–water partition coefficient (Wildman–Crippen LogP) is 3.01. The van der Waals surface area contributed by atoms with E-state index >= 15 is 0 Å². The lowest BCUT2D eigenvalue weighted by molar-refractivity contribution is -0.00634. The minimum atomic E-state index is 0.413. The molecule has 0 spiro atoms. The number of nitrogens with zero attached hydrogens (tertiary/aromatic N) is 2. The molecule has 5 rings (SSSR count). The van der Waals surface area contributed by atoms with Gasteiger partial charge < -0.3 is 5.11 Å². The standard InChI is InChI=1S/C19H28N2OS/c1-23-11-3-8-21-13-17(15-4-2-5-16(22)12-15)19-18(21)14-6-9-20(19)10-7-14/h2,4-5,12,14,17-19,22H,3,6-11,13H2,1H3/t17-,18+,19+/m0/s1. The van der Waals surface area contributed by atoms with Gasteiger partial charge in [-0.2, -0.15) is 11.8 Å². The number of phenols is 1. The van der Waals surface area contributed by atoms with Crippen LogP contribution in [0.4, 0.5) is 0 Å². The number of hydrogen-bond donors (Lipinski definition) is 1. The van der Waals surface area contributed by atoms with Crippen LogP contribution in [-0.4, -0.2) is 65.2 Å². The molecule has 3 nitrogen and oxygen atoms in total. The van der Waals surface area contributed by atoms with Gasteiger partial charge in [0.2, 0.25) is 0 Å². The van der Waals surface area contributed by atoms with E-state index in [1.807, 2.05) is 23.9 Å². The SMILES string of the molecule is CSCCCN1C[C@@H](c2cccc(O)c2)[C@@H]2[C@H]1C1CCN2CC1. The molecular weight excluding hydrogens is 304 g/mol. The minimum absolute atomic E-state index is 0.413. The maximum atomic E-state index is 9.91. The summed E-state index contributed by atoms with van der Waals surface area (Å²) in [6, 6.07) is 9.42. The van der Waals surface area contributed by atoms with Crippen LogP contribution >= 0.6 is 11.8 Å². The first kappa shape index (κ1) is 15.8. The second-order valence-corrected chi connectivity index (χ2v) is 8.38. The number of likely N-dealkylation sites (tertiary alicyclic amines) is 1. The van der Waals surface area contributed by atoms with Crippen molar-refractivity contribution in [2.75, 3.05) is 38.2 Å². The Hall–Kier alpha value is -0.710. The molecule has 3 atom stereocenters. The fourth-order valence-corrected chi connectivity index (χ4v) is 5.67. The third-order valence-corrected chi connectivity index (χ3v) is 6.88. The van der Waals surface area contributed by atoms with Gasteiger partial charge >= 0.3 is 0 Å². The number of rotatable bonds is 5. The van der Waals surface area contributed by atoms with Gasteiger partial charge in [-0.1, -0.05) is 12.1 Å². The molecule has 4 saturated heterocycles. The summed E-state index contributed by atoms with van der Waals surface area (Å²) < 4.78 is 0. The summed E-state index contributed by atoms with van der Waals surface area (Å²) >= 11 is 1.96. The fraction of sp³-hybridized carbons (Fsp3) is 0.684. The summed E-state index contributed by atoms with van der Waals surface area (Å²) in [4.78, 5) is 5.53. The number of phenolic OH excluding ortho intramolecular Hbond substituents is 1. The Bertz CT molecular complexity index is 544. The Morgan fingerprint density at radius 3 is 2.78 bits per heavy atom. The fourth-order valence-electron chi connectivity index (χ4n) is 5.25. The lowest BCUT2D eigenvalue weighted by atomic mass is 9.75. The topological polar surface area (TPSA) is 26.7 Å². The Morgan fingerprint density at radius 2 is 2.04 bits per heavy atom. The van der Waals surface area contributed by atoms with Gasteiger partial charge in [-0.15, -0.1) is 0 Å². The van der Waals surface area contributed by atoms with Crippen molar-refractivity contribution >= 4 is 11.8 Å². The summed E-state index contributed by atoms with van der Waals surface area (Å²) in [6.45, 7) is 4.96. The highest BCUT2D eigenvalue weighted by molar-refractivity contribution is 7.98. The van der Waals surface area contributed by atoms with Gasteiger partial charge in [0.1, 0.15) is 5.75 Å². The molecule has 0 unspecified atom stereocenters. The van der Waals surface area contributed by atoms with E-state index in [1.165, 1.54) is 56.8 Å². The quantitative estimate of drug-likeness (QED) is 0.839. The van der Waals surface area contributed by atoms with Crippen LogP contribution in [-0.2, 0) is 0 Å². The van der Waals surface area contributed by atoms with Gasteiger partial charge in [0.05, 0.1) is 0 Å². The van der Waals surface area contributed by atoms with Crippen LogP contribution in [0.3, 0.4) is 0 Å². The number of piperidine rings is 3. The molecule has 1 aromatic rings. The molecule has 0 saturated carbocycles. The van der Waals surface area contributed by atoms with Crippen molar-refractivity contribution < 1.29 is 5.11 Å². The van der Waals surface area contributed by atoms with Crippen LogP contribution < -0.4 is 0 Å². The maximum Gasteiger partial charge on any atom is 0.115 e. The largest absolute Gasteiger partial charge is 0.508 e. The predicted molar refractivity (Wildman–Crippen MR) is 97.3 cm³/mol. The number of fused-ring (bicyclic) bond motifs is 2. The first-order valence-corrected chi connectivity index (χ1v) is 10.4. The van der Waals surface area contributed by atoms with Crippen molar-refractivity contribution in [3.8, 4) is 5.75 Å². The summed E-state index contributed by atoms with van der Waals surface area (Å²) in [6.07, 6.45) is 6.26. The lowest BCUT2D eigenvalue weighted by Crippen LogP contribution is -2.60. The van der Waals surface area contributed by atoms with Crippen LogP contribution in [0.25, 0.3) is 0 Å². The third kappa shape index (κ3) is 2.90. The average molecular weight is 333 g/mol. The molecule has 1 aromatic carbocycles. The zero-order chi connectivity index (χ0) is 15.8. The highest BCUT2D eigenvalue weighted by Crippen LogP contribution is 2.46. The van der Waals surface area contributed by atoms with Crippen molar-refractivity contribution in [1.82, 2.24) is 9.80 Å². The molecule has 4 aliphatic heterocycles. The summed E-state index contributed by atoms with van der Waals surface area (Å²) in [5, 5.41) is 9.91. The van der Waals surface area contributed by atoms with Crippen LogP contribution in [0.5, 0.6) is 5.75 Å². The molecule has 0 aromatic heterocycles. The maximum absolute atomic E-state index is 9.91. The Kier molecular flexibility index (Phi) is 4.57. The molecule has 23 heavy (non-hydrogen) atoms. The van der Waals surface area contributed by atoms with Crippen molar-refractivity contribution in [3.63, 3.8) is 0 Å². The molecule has 4 heteroatoms. The molecule has 2 bridgehead atoms. The van der Waals surface area contributed by atoms with Crippen molar-refractivity contribution in [2.24, 2.45) is 5.92 Å². The normalized spacial score (nSPS) is 36.3. The Labute approximate surface area is 144 Å².